The highest BCUT2D eigenvalue weighted by Crippen LogP contribution is 2.08. The lowest BCUT2D eigenvalue weighted by molar-refractivity contribution is -0.139. The lowest BCUT2D eigenvalue weighted by atomic mass is 10.5. The van der Waals surface area contributed by atoms with Gasteiger partial charge in [-0.25, -0.2) is 9.59 Å². The normalized spacial score (nSPS) is 12.9. The molecule has 0 amide bonds. The maximum atomic E-state index is 11.6. The minimum absolute atomic E-state index is 0.0381. The highest BCUT2D eigenvalue weighted by Gasteiger charge is 2.34. The summed E-state index contributed by atoms with van der Waals surface area (Å²) in [5.41, 5.74) is 3.15. The van der Waals surface area contributed by atoms with Gasteiger partial charge in [0.1, 0.15) is 13.2 Å². The van der Waals surface area contributed by atoms with Crippen LogP contribution in [-0.4, -0.2) is 85.4 Å². The Kier molecular flexibility index (Phi) is 13.5. The smallest absolute Gasteiger partial charge is 0.458 e. The fourth-order valence-electron chi connectivity index (χ4n) is 1.79. The van der Waals surface area contributed by atoms with E-state index in [0.29, 0.717) is 0 Å². The van der Waals surface area contributed by atoms with Crippen molar-refractivity contribution in [2.75, 3.05) is 55.9 Å². The number of ether oxygens (including phenoxy) is 2. The molecule has 10 nitrogen and oxygen atoms in total. The second kappa shape index (κ2) is 14.4. The van der Waals surface area contributed by atoms with Crippen LogP contribution in [0, 0.1) is 0 Å². The van der Waals surface area contributed by atoms with Crippen LogP contribution in [0.1, 0.15) is 0 Å². The number of hydrogen-bond acceptors (Lipinski definition) is 10. The Balaban J connectivity index is 4.33. The molecule has 0 aliphatic carbocycles. The molecular weight excluding hydrogens is 408 g/mol. The zero-order valence-corrected chi connectivity index (χ0v) is 19.0. The highest BCUT2D eigenvalue weighted by molar-refractivity contribution is 6.66. The van der Waals surface area contributed by atoms with Crippen molar-refractivity contribution >= 4 is 29.5 Å². The molecule has 0 saturated carbocycles. The van der Waals surface area contributed by atoms with Crippen LogP contribution in [0.25, 0.3) is 0 Å². The maximum Gasteiger partial charge on any atom is 0.528 e. The van der Waals surface area contributed by atoms with Crippen LogP contribution in [0.3, 0.4) is 0 Å². The molecule has 0 aliphatic heterocycles. The summed E-state index contributed by atoms with van der Waals surface area (Å²) in [6, 6.07) is 0. The molecule has 0 rings (SSSR count). The Bertz CT molecular complexity index is 489. The molecular formula is C16H28O10Si2. The summed E-state index contributed by atoms with van der Waals surface area (Å²) in [7, 11) is 3.03. The van der Waals surface area contributed by atoms with Crippen LogP contribution in [0.4, 0.5) is 0 Å². The average molecular weight is 437 g/mol. The third-order valence-electron chi connectivity index (χ3n) is 3.35. The van der Waals surface area contributed by atoms with Gasteiger partial charge in [-0.15, -0.1) is 0 Å². The van der Waals surface area contributed by atoms with Crippen molar-refractivity contribution in [2.45, 2.75) is 0 Å². The first-order chi connectivity index (χ1) is 13.4. The first-order valence-corrected chi connectivity index (χ1v) is 11.6. The number of carbonyl (C=O) groups excluding carboxylic acids is 2. The summed E-state index contributed by atoms with van der Waals surface area (Å²) in [5.74, 6) is -1.41. The topological polar surface area (TPSA) is 108 Å². The van der Waals surface area contributed by atoms with Gasteiger partial charge in [0.05, 0.1) is 0 Å². The van der Waals surface area contributed by atoms with E-state index in [9.17, 15) is 9.59 Å². The Hall–Kier alpha value is -1.65. The first kappa shape index (κ1) is 26.4. The molecule has 0 saturated heterocycles. The van der Waals surface area contributed by atoms with Crippen LogP contribution in [-0.2, 0) is 45.6 Å². The first-order valence-electron chi connectivity index (χ1n) is 8.04. The third kappa shape index (κ3) is 9.52. The standard InChI is InChI=1S/C16H28O10Si2/c1-19-27(20-2,21-3)13-7-11-25-15(17)9-10-16(18)26-12-8-14-28(22-4,23-5)24-6/h7-10,13-14H,11-12H2,1-6H3/b10-9+,13-7+,14-8+. The molecule has 0 radical (unpaired) electrons. The van der Waals surface area contributed by atoms with E-state index in [4.69, 9.17) is 36.0 Å². The van der Waals surface area contributed by atoms with E-state index in [-0.39, 0.29) is 13.2 Å². The van der Waals surface area contributed by atoms with Gasteiger partial charge in [-0.3, -0.25) is 0 Å². The van der Waals surface area contributed by atoms with Gasteiger partial charge in [-0.1, -0.05) is 0 Å². The molecule has 0 fully saturated rings. The number of esters is 2. The third-order valence-corrected chi connectivity index (χ3v) is 8.05. The fourth-order valence-corrected chi connectivity index (χ4v) is 4.37. The average Bonchev–Trinajstić information content (AvgIpc) is 2.73. The molecule has 0 N–H and O–H groups in total. The quantitative estimate of drug-likeness (QED) is 0.218. The lowest BCUT2D eigenvalue weighted by Crippen LogP contribution is -2.41. The molecule has 0 heterocycles. The van der Waals surface area contributed by atoms with Gasteiger partial charge in [-0.2, -0.15) is 0 Å². The number of rotatable bonds is 14. The van der Waals surface area contributed by atoms with Crippen LogP contribution in [0.15, 0.2) is 35.7 Å². The zero-order chi connectivity index (χ0) is 21.5. The summed E-state index contributed by atoms with van der Waals surface area (Å²) >= 11 is 0. The molecule has 28 heavy (non-hydrogen) atoms. The van der Waals surface area contributed by atoms with Gasteiger partial charge < -0.3 is 36.0 Å². The molecule has 0 bridgehead atoms. The second-order valence-corrected chi connectivity index (χ2v) is 10.4. The molecule has 12 heteroatoms. The molecule has 0 atom stereocenters. The van der Waals surface area contributed by atoms with E-state index >= 15 is 0 Å². The van der Waals surface area contributed by atoms with Crippen molar-refractivity contribution in [3.63, 3.8) is 0 Å². The molecule has 0 aromatic carbocycles. The van der Waals surface area contributed by atoms with Crippen LogP contribution < -0.4 is 0 Å². The summed E-state index contributed by atoms with van der Waals surface area (Å²) in [5, 5.41) is 0. The van der Waals surface area contributed by atoms with Gasteiger partial charge in [0.15, 0.2) is 0 Å². The van der Waals surface area contributed by atoms with E-state index in [2.05, 4.69) is 0 Å². The lowest BCUT2D eigenvalue weighted by Gasteiger charge is -2.20. The Labute approximate surface area is 167 Å². The molecule has 0 aromatic rings. The molecule has 0 aliphatic rings. The van der Waals surface area contributed by atoms with E-state index in [1.54, 1.807) is 11.4 Å². The van der Waals surface area contributed by atoms with Crippen LogP contribution >= 0.6 is 0 Å². The molecule has 0 aromatic heterocycles. The zero-order valence-electron chi connectivity index (χ0n) is 17.0. The Morgan fingerprint density at radius 1 is 0.607 bits per heavy atom. The van der Waals surface area contributed by atoms with Crippen molar-refractivity contribution in [1.82, 2.24) is 0 Å². The van der Waals surface area contributed by atoms with E-state index in [0.717, 1.165) is 12.2 Å². The molecule has 0 spiro atoms. The van der Waals surface area contributed by atoms with Crippen molar-refractivity contribution in [1.29, 1.82) is 0 Å². The minimum atomic E-state index is -2.86. The van der Waals surface area contributed by atoms with Crippen LogP contribution in [0.5, 0.6) is 0 Å². The van der Waals surface area contributed by atoms with Gasteiger partial charge >= 0.3 is 29.5 Å². The van der Waals surface area contributed by atoms with E-state index < -0.39 is 29.5 Å². The largest absolute Gasteiger partial charge is 0.528 e. The number of hydrogen-bond donors (Lipinski definition) is 0. The Morgan fingerprint density at radius 3 is 1.14 bits per heavy atom. The monoisotopic (exact) mass is 436 g/mol. The molecule has 160 valence electrons. The van der Waals surface area contributed by atoms with Gasteiger partial charge in [-0.05, 0) is 23.6 Å². The van der Waals surface area contributed by atoms with Gasteiger partial charge in [0.2, 0.25) is 0 Å². The predicted molar refractivity (Wildman–Crippen MR) is 103 cm³/mol. The summed E-state index contributed by atoms with van der Waals surface area (Å²) in [6.45, 7) is -0.0763. The van der Waals surface area contributed by atoms with Crippen molar-refractivity contribution < 1.29 is 45.6 Å². The van der Waals surface area contributed by atoms with Gasteiger partial charge in [0, 0.05) is 54.8 Å². The van der Waals surface area contributed by atoms with Gasteiger partial charge in [0.25, 0.3) is 0 Å². The summed E-state index contributed by atoms with van der Waals surface area (Å²) in [4.78, 5) is 23.1. The predicted octanol–water partition coefficient (Wildman–Crippen LogP) is 0.576. The minimum Gasteiger partial charge on any atom is -0.458 e. The van der Waals surface area contributed by atoms with Crippen molar-refractivity contribution in [3.05, 3.63) is 35.7 Å². The van der Waals surface area contributed by atoms with Crippen molar-refractivity contribution in [2.24, 2.45) is 0 Å². The maximum absolute atomic E-state index is 11.6. The SMILES string of the molecule is CO[Si](/C=C/COC(=O)/C=C/C(=O)OC/C=C/[Si](OC)(OC)OC)(OC)OC. The highest BCUT2D eigenvalue weighted by atomic mass is 28.4. The van der Waals surface area contributed by atoms with E-state index in [1.807, 2.05) is 0 Å². The Morgan fingerprint density at radius 2 is 0.893 bits per heavy atom. The van der Waals surface area contributed by atoms with E-state index in [1.165, 1.54) is 54.8 Å². The summed E-state index contributed by atoms with van der Waals surface area (Å²) in [6.07, 6.45) is 5.00. The summed E-state index contributed by atoms with van der Waals surface area (Å²) < 4.78 is 40.9. The molecule has 0 unspecified atom stereocenters. The van der Waals surface area contributed by atoms with Crippen LogP contribution in [0.2, 0.25) is 0 Å². The number of carbonyl (C=O) groups is 2. The van der Waals surface area contributed by atoms with Crippen molar-refractivity contribution in [3.8, 4) is 0 Å². The second-order valence-electron chi connectivity index (χ2n) is 4.83. The fraction of sp³-hybridized carbons (Fsp3) is 0.500.